The second kappa shape index (κ2) is 6.11. The second-order valence-corrected chi connectivity index (χ2v) is 7.19. The molecule has 0 N–H and O–H groups in total. The molecule has 0 bridgehead atoms. The van der Waals surface area contributed by atoms with Gasteiger partial charge in [0.2, 0.25) is 0 Å². The summed E-state index contributed by atoms with van der Waals surface area (Å²) in [5.41, 5.74) is 2.26. The van der Waals surface area contributed by atoms with Crippen LogP contribution < -0.4 is 4.90 Å². The van der Waals surface area contributed by atoms with Crippen molar-refractivity contribution in [3.05, 3.63) is 41.5 Å². The quantitative estimate of drug-likeness (QED) is 0.705. The summed E-state index contributed by atoms with van der Waals surface area (Å²) in [5.74, 6) is -0.237. The molecule has 0 unspecified atom stereocenters. The van der Waals surface area contributed by atoms with E-state index in [0.717, 1.165) is 21.0 Å². The maximum absolute atomic E-state index is 13.3. The molecule has 25 heavy (non-hydrogen) atoms. The molecule has 4 rings (SSSR count). The zero-order valence-corrected chi connectivity index (χ0v) is 14.9. The Kier molecular flexibility index (Phi) is 3.91. The van der Waals surface area contributed by atoms with E-state index >= 15 is 0 Å². The largest absolute Gasteiger partial charge is 0.345 e. The summed E-state index contributed by atoms with van der Waals surface area (Å²) in [6.45, 7) is 4.57. The molecule has 0 spiro atoms. The zero-order chi connectivity index (χ0) is 17.6. The van der Waals surface area contributed by atoms with Crippen LogP contribution in [0.25, 0.3) is 10.2 Å². The number of amides is 1. The lowest BCUT2D eigenvalue weighted by Crippen LogP contribution is -2.49. The fourth-order valence-corrected chi connectivity index (χ4v) is 4.14. The van der Waals surface area contributed by atoms with Crippen LogP contribution in [0.5, 0.6) is 0 Å². The van der Waals surface area contributed by atoms with E-state index < -0.39 is 0 Å². The number of rotatable bonds is 2. The number of carbonyl (C=O) groups is 1. The Hall–Kier alpha value is -2.48. The molecule has 6 nitrogen and oxygen atoms in total. The van der Waals surface area contributed by atoms with Gasteiger partial charge in [-0.25, -0.2) is 9.37 Å². The number of thiazole rings is 1. The average Bonchev–Trinajstić information content (AvgIpc) is 3.16. The average molecular weight is 359 g/mol. The monoisotopic (exact) mass is 359 g/mol. The Bertz CT molecular complexity index is 942. The third-order valence-corrected chi connectivity index (χ3v) is 5.48. The van der Waals surface area contributed by atoms with Crippen molar-refractivity contribution in [3.63, 3.8) is 0 Å². The lowest BCUT2D eigenvalue weighted by molar-refractivity contribution is 0.0735. The smallest absolute Gasteiger partial charge is 0.272 e. The third-order valence-electron chi connectivity index (χ3n) is 4.40. The predicted octanol–water partition coefficient (Wildman–Crippen LogP) is 2.44. The number of nitrogens with zero attached hydrogens (tertiary/aromatic N) is 5. The van der Waals surface area contributed by atoms with Crippen molar-refractivity contribution in [2.24, 2.45) is 7.05 Å². The van der Waals surface area contributed by atoms with Crippen LogP contribution in [0.15, 0.2) is 24.3 Å². The first-order valence-corrected chi connectivity index (χ1v) is 8.94. The SMILES string of the molecule is Cc1cc(C(=O)N2CCN(c3nc4ccc(F)cc4s3)CC2)n(C)n1. The van der Waals surface area contributed by atoms with Gasteiger partial charge in [0.15, 0.2) is 5.13 Å². The molecular formula is C17H18FN5OS. The van der Waals surface area contributed by atoms with E-state index in [4.69, 9.17) is 0 Å². The van der Waals surface area contributed by atoms with Crippen LogP contribution in [-0.2, 0) is 7.05 Å². The van der Waals surface area contributed by atoms with E-state index in [1.165, 1.54) is 23.5 Å². The highest BCUT2D eigenvalue weighted by molar-refractivity contribution is 7.22. The fraction of sp³-hybridized carbons (Fsp3) is 0.353. The van der Waals surface area contributed by atoms with Crippen molar-refractivity contribution in [2.75, 3.05) is 31.1 Å². The molecule has 0 radical (unpaired) electrons. The molecule has 0 atom stereocenters. The van der Waals surface area contributed by atoms with Crippen molar-refractivity contribution < 1.29 is 9.18 Å². The highest BCUT2D eigenvalue weighted by Crippen LogP contribution is 2.30. The van der Waals surface area contributed by atoms with Gasteiger partial charge in [-0.1, -0.05) is 11.3 Å². The molecule has 1 saturated heterocycles. The first kappa shape index (κ1) is 16.0. The fourth-order valence-electron chi connectivity index (χ4n) is 3.10. The number of benzene rings is 1. The van der Waals surface area contributed by atoms with E-state index in [2.05, 4.69) is 15.0 Å². The van der Waals surface area contributed by atoms with Crippen LogP contribution in [0.4, 0.5) is 9.52 Å². The van der Waals surface area contributed by atoms with E-state index in [1.54, 1.807) is 17.8 Å². The summed E-state index contributed by atoms with van der Waals surface area (Å²) in [5, 5.41) is 5.12. The van der Waals surface area contributed by atoms with Gasteiger partial charge in [-0.2, -0.15) is 5.10 Å². The second-order valence-electron chi connectivity index (χ2n) is 6.18. The van der Waals surface area contributed by atoms with Crippen molar-refractivity contribution >= 4 is 32.6 Å². The molecule has 1 fully saturated rings. The molecule has 8 heteroatoms. The Balaban J connectivity index is 1.47. The Morgan fingerprint density at radius 3 is 2.64 bits per heavy atom. The van der Waals surface area contributed by atoms with E-state index in [-0.39, 0.29) is 11.7 Å². The number of hydrogen-bond donors (Lipinski definition) is 0. The lowest BCUT2D eigenvalue weighted by Gasteiger charge is -2.34. The highest BCUT2D eigenvalue weighted by Gasteiger charge is 2.25. The summed E-state index contributed by atoms with van der Waals surface area (Å²) >= 11 is 1.49. The van der Waals surface area contributed by atoms with Crippen LogP contribution in [0.3, 0.4) is 0 Å². The maximum atomic E-state index is 13.3. The highest BCUT2D eigenvalue weighted by atomic mass is 32.1. The minimum absolute atomic E-state index is 0.00845. The van der Waals surface area contributed by atoms with Gasteiger partial charge in [0, 0.05) is 33.2 Å². The van der Waals surface area contributed by atoms with Gasteiger partial charge < -0.3 is 9.80 Å². The van der Waals surface area contributed by atoms with Gasteiger partial charge in [0.25, 0.3) is 5.91 Å². The molecule has 1 amide bonds. The van der Waals surface area contributed by atoms with Crippen molar-refractivity contribution in [1.29, 1.82) is 0 Å². The van der Waals surface area contributed by atoms with Crippen LogP contribution >= 0.6 is 11.3 Å². The van der Waals surface area contributed by atoms with Crippen molar-refractivity contribution in [1.82, 2.24) is 19.7 Å². The van der Waals surface area contributed by atoms with Crippen LogP contribution in [0, 0.1) is 12.7 Å². The number of piperazine rings is 1. The van der Waals surface area contributed by atoms with Gasteiger partial charge in [-0.15, -0.1) is 0 Å². The van der Waals surface area contributed by atoms with Gasteiger partial charge in [0.05, 0.1) is 15.9 Å². The maximum Gasteiger partial charge on any atom is 0.272 e. The number of hydrogen-bond acceptors (Lipinski definition) is 5. The predicted molar refractivity (Wildman–Crippen MR) is 95.6 cm³/mol. The molecule has 0 saturated carbocycles. The number of carbonyl (C=O) groups excluding carboxylic acids is 1. The lowest BCUT2D eigenvalue weighted by atomic mass is 10.2. The zero-order valence-electron chi connectivity index (χ0n) is 14.1. The molecular weight excluding hydrogens is 341 g/mol. The van der Waals surface area contributed by atoms with Gasteiger partial charge in [-0.05, 0) is 31.2 Å². The van der Waals surface area contributed by atoms with Gasteiger partial charge >= 0.3 is 0 Å². The molecule has 1 aromatic carbocycles. The first-order chi connectivity index (χ1) is 12.0. The van der Waals surface area contributed by atoms with E-state index in [9.17, 15) is 9.18 Å². The molecule has 3 heterocycles. The number of fused-ring (bicyclic) bond motifs is 1. The summed E-state index contributed by atoms with van der Waals surface area (Å²) < 4.78 is 15.8. The summed E-state index contributed by atoms with van der Waals surface area (Å²) in [7, 11) is 1.79. The van der Waals surface area contributed by atoms with E-state index in [1.807, 2.05) is 17.9 Å². The molecule has 3 aromatic rings. The van der Waals surface area contributed by atoms with Gasteiger partial charge in [0.1, 0.15) is 11.5 Å². The summed E-state index contributed by atoms with van der Waals surface area (Å²) in [6.07, 6.45) is 0. The summed E-state index contributed by atoms with van der Waals surface area (Å²) in [4.78, 5) is 21.2. The molecule has 0 aliphatic carbocycles. The Morgan fingerprint density at radius 1 is 1.20 bits per heavy atom. The first-order valence-electron chi connectivity index (χ1n) is 8.12. The van der Waals surface area contributed by atoms with E-state index in [0.29, 0.717) is 31.9 Å². The Labute approximate surface area is 148 Å². The number of halogens is 1. The molecule has 2 aromatic heterocycles. The standard InChI is InChI=1S/C17H18FN5OS/c1-11-9-14(21(2)20-11)16(24)22-5-7-23(8-6-22)17-19-13-4-3-12(18)10-15(13)25-17/h3-4,9-10H,5-8H2,1-2H3. The minimum Gasteiger partial charge on any atom is -0.345 e. The van der Waals surface area contributed by atoms with Crippen LogP contribution in [0.1, 0.15) is 16.2 Å². The van der Waals surface area contributed by atoms with Crippen LogP contribution in [0.2, 0.25) is 0 Å². The third kappa shape index (κ3) is 2.97. The minimum atomic E-state index is -0.246. The van der Waals surface area contributed by atoms with Crippen molar-refractivity contribution in [2.45, 2.75) is 6.92 Å². The van der Waals surface area contributed by atoms with Crippen molar-refractivity contribution in [3.8, 4) is 0 Å². The van der Waals surface area contributed by atoms with Crippen LogP contribution in [-0.4, -0.2) is 51.8 Å². The molecule has 130 valence electrons. The van der Waals surface area contributed by atoms with Gasteiger partial charge in [-0.3, -0.25) is 9.48 Å². The number of aromatic nitrogens is 3. The number of anilines is 1. The topological polar surface area (TPSA) is 54.3 Å². The summed E-state index contributed by atoms with van der Waals surface area (Å²) in [6, 6.07) is 6.46. The normalized spacial score (nSPS) is 15.2. The number of aryl methyl sites for hydroxylation is 2. The molecule has 1 aliphatic heterocycles. The molecule has 1 aliphatic rings. The Morgan fingerprint density at radius 2 is 1.96 bits per heavy atom.